The van der Waals surface area contributed by atoms with E-state index >= 15 is 0 Å². The number of benzene rings is 3. The summed E-state index contributed by atoms with van der Waals surface area (Å²) in [7, 11) is -1.70. The first-order chi connectivity index (χ1) is 14.9. The second-order valence-electron chi connectivity index (χ2n) is 7.26. The van der Waals surface area contributed by atoms with Crippen LogP contribution in [0.2, 0.25) is 0 Å². The molecule has 3 rings (SSSR count). The molecule has 7 heteroatoms. The van der Waals surface area contributed by atoms with E-state index in [1.165, 1.54) is 12.1 Å². The van der Waals surface area contributed by atoms with Crippen molar-refractivity contribution in [3.63, 3.8) is 0 Å². The number of carbonyl (C=O) groups is 1. The van der Waals surface area contributed by atoms with Gasteiger partial charge in [0.2, 0.25) is 0 Å². The number of hydrogen-bond acceptors (Lipinski definition) is 4. The predicted octanol–water partition coefficient (Wildman–Crippen LogP) is 4.05. The molecule has 0 bridgehead atoms. The minimum Gasteiger partial charge on any atom is -0.375 e. The molecule has 0 atom stereocenters. The highest BCUT2D eigenvalue weighted by Crippen LogP contribution is 2.22. The third-order valence-corrected chi connectivity index (χ3v) is 6.41. The molecule has 0 unspecified atom stereocenters. The molecule has 31 heavy (non-hydrogen) atoms. The van der Waals surface area contributed by atoms with Crippen molar-refractivity contribution in [3.8, 4) is 0 Å². The van der Waals surface area contributed by atoms with Gasteiger partial charge in [0.15, 0.2) is 0 Å². The number of carbonyl (C=O) groups excluding carboxylic acids is 1. The minimum absolute atomic E-state index is 0.173. The van der Waals surface area contributed by atoms with Crippen LogP contribution in [-0.2, 0) is 10.0 Å². The van der Waals surface area contributed by atoms with Crippen molar-refractivity contribution in [1.82, 2.24) is 5.32 Å². The number of nitrogens with one attached hydrogen (secondary N) is 2. The average molecular weight is 438 g/mol. The smallest absolute Gasteiger partial charge is 0.261 e. The first-order valence-corrected chi connectivity index (χ1v) is 11.6. The van der Waals surface area contributed by atoms with Crippen molar-refractivity contribution in [2.24, 2.45) is 0 Å². The zero-order chi connectivity index (χ0) is 22.3. The summed E-state index contributed by atoms with van der Waals surface area (Å²) in [4.78, 5) is 15.0. The highest BCUT2D eigenvalue weighted by molar-refractivity contribution is 7.92. The topological polar surface area (TPSA) is 78.5 Å². The summed E-state index contributed by atoms with van der Waals surface area (Å²) in [6.07, 6.45) is 0.788. The van der Waals surface area contributed by atoms with Crippen LogP contribution in [0.5, 0.6) is 0 Å². The Kier molecular flexibility index (Phi) is 7.31. The number of rotatable bonds is 9. The molecule has 3 aromatic carbocycles. The third kappa shape index (κ3) is 5.86. The third-order valence-electron chi connectivity index (χ3n) is 5.03. The Morgan fingerprint density at radius 2 is 1.55 bits per heavy atom. The second kappa shape index (κ2) is 10.1. The van der Waals surface area contributed by atoms with E-state index in [1.54, 1.807) is 43.3 Å². The largest absolute Gasteiger partial charge is 0.375 e. The maximum absolute atomic E-state index is 12.7. The molecule has 0 aliphatic heterocycles. The highest BCUT2D eigenvalue weighted by atomic mass is 32.2. The van der Waals surface area contributed by atoms with Crippen LogP contribution < -0.4 is 14.9 Å². The van der Waals surface area contributed by atoms with Crippen molar-refractivity contribution in [2.75, 3.05) is 29.8 Å². The van der Waals surface area contributed by atoms with Gasteiger partial charge >= 0.3 is 0 Å². The van der Waals surface area contributed by atoms with Gasteiger partial charge < -0.3 is 10.2 Å². The van der Waals surface area contributed by atoms with Crippen molar-refractivity contribution < 1.29 is 13.2 Å². The fourth-order valence-electron chi connectivity index (χ4n) is 3.22. The van der Waals surface area contributed by atoms with Crippen molar-refractivity contribution in [3.05, 3.63) is 90.0 Å². The van der Waals surface area contributed by atoms with E-state index in [9.17, 15) is 13.2 Å². The van der Waals surface area contributed by atoms with Crippen LogP contribution in [0.4, 0.5) is 11.4 Å². The van der Waals surface area contributed by atoms with Gasteiger partial charge in [-0.1, -0.05) is 42.5 Å². The van der Waals surface area contributed by atoms with Gasteiger partial charge in [0.1, 0.15) is 0 Å². The van der Waals surface area contributed by atoms with Crippen LogP contribution in [0.15, 0.2) is 83.8 Å². The van der Waals surface area contributed by atoms with Crippen LogP contribution in [0.3, 0.4) is 0 Å². The summed E-state index contributed by atoms with van der Waals surface area (Å²) in [5, 5.41) is 2.93. The fraction of sp³-hybridized carbons (Fsp3) is 0.208. The summed E-state index contributed by atoms with van der Waals surface area (Å²) < 4.78 is 27.8. The molecule has 0 fully saturated rings. The molecule has 1 amide bonds. The molecule has 2 N–H and O–H groups in total. The monoisotopic (exact) mass is 437 g/mol. The van der Waals surface area contributed by atoms with Gasteiger partial charge in [-0.15, -0.1) is 0 Å². The Hall–Kier alpha value is -3.32. The van der Waals surface area contributed by atoms with Gasteiger partial charge in [-0.25, -0.2) is 8.42 Å². The molecular weight excluding hydrogens is 410 g/mol. The SMILES string of the molecule is Cc1c(NS(=O)(=O)c2ccccc2)cccc1C(=O)NCCCN(C)c1ccccc1. The van der Waals surface area contributed by atoms with E-state index < -0.39 is 10.0 Å². The van der Waals surface area contributed by atoms with Crippen LogP contribution in [-0.4, -0.2) is 34.5 Å². The zero-order valence-corrected chi connectivity index (χ0v) is 18.5. The molecule has 0 spiro atoms. The average Bonchev–Trinajstić information content (AvgIpc) is 2.79. The van der Waals surface area contributed by atoms with Gasteiger partial charge in [-0.05, 0) is 55.3 Å². The minimum atomic E-state index is -3.72. The first-order valence-electron chi connectivity index (χ1n) is 10.1. The van der Waals surface area contributed by atoms with Crippen molar-refractivity contribution in [2.45, 2.75) is 18.2 Å². The van der Waals surface area contributed by atoms with E-state index in [-0.39, 0.29) is 10.8 Å². The summed E-state index contributed by atoms with van der Waals surface area (Å²) in [6, 6.07) is 23.2. The van der Waals surface area contributed by atoms with Crippen LogP contribution >= 0.6 is 0 Å². The lowest BCUT2D eigenvalue weighted by Crippen LogP contribution is -2.28. The number of sulfonamides is 1. The molecule has 0 saturated carbocycles. The van der Waals surface area contributed by atoms with Gasteiger partial charge in [0, 0.05) is 31.4 Å². The molecule has 0 saturated heterocycles. The lowest BCUT2D eigenvalue weighted by atomic mass is 10.1. The molecule has 0 heterocycles. The molecule has 0 aliphatic rings. The first kappa shape index (κ1) is 22.4. The summed E-state index contributed by atoms with van der Waals surface area (Å²) in [5.41, 5.74) is 2.55. The number of nitrogens with zero attached hydrogens (tertiary/aromatic N) is 1. The molecule has 162 valence electrons. The second-order valence-corrected chi connectivity index (χ2v) is 8.95. The van der Waals surface area contributed by atoms with Crippen LogP contribution in [0.1, 0.15) is 22.3 Å². The molecule has 0 radical (unpaired) electrons. The van der Waals surface area contributed by atoms with E-state index in [2.05, 4.69) is 14.9 Å². The van der Waals surface area contributed by atoms with E-state index in [0.717, 1.165) is 18.7 Å². The zero-order valence-electron chi connectivity index (χ0n) is 17.7. The van der Waals surface area contributed by atoms with E-state index in [1.807, 2.05) is 37.4 Å². The van der Waals surface area contributed by atoms with E-state index in [0.29, 0.717) is 23.4 Å². The Balaban J connectivity index is 1.59. The Morgan fingerprint density at radius 1 is 0.903 bits per heavy atom. The molecular formula is C24H27N3O3S. The Bertz CT molecular complexity index is 1120. The fourth-order valence-corrected chi connectivity index (χ4v) is 4.36. The van der Waals surface area contributed by atoms with Crippen LogP contribution in [0, 0.1) is 6.92 Å². The summed E-state index contributed by atoms with van der Waals surface area (Å²) >= 11 is 0. The highest BCUT2D eigenvalue weighted by Gasteiger charge is 2.17. The van der Waals surface area contributed by atoms with Gasteiger partial charge in [0.05, 0.1) is 10.6 Å². The number of para-hydroxylation sites is 1. The van der Waals surface area contributed by atoms with Crippen molar-refractivity contribution in [1.29, 1.82) is 0 Å². The standard InChI is InChI=1S/C24H27N3O3S/c1-19-22(24(28)25-17-10-18-27(2)20-11-5-3-6-12-20)15-9-16-23(19)26-31(29,30)21-13-7-4-8-14-21/h3-9,11-16,26H,10,17-18H2,1-2H3,(H,25,28). The summed E-state index contributed by atoms with van der Waals surface area (Å²) in [5.74, 6) is -0.222. The molecule has 6 nitrogen and oxygen atoms in total. The van der Waals surface area contributed by atoms with Gasteiger partial charge in [-0.2, -0.15) is 0 Å². The van der Waals surface area contributed by atoms with Crippen molar-refractivity contribution >= 4 is 27.3 Å². The normalized spacial score (nSPS) is 11.0. The van der Waals surface area contributed by atoms with E-state index in [4.69, 9.17) is 0 Å². The Morgan fingerprint density at radius 3 is 2.23 bits per heavy atom. The predicted molar refractivity (Wildman–Crippen MR) is 125 cm³/mol. The molecule has 3 aromatic rings. The van der Waals surface area contributed by atoms with Gasteiger partial charge in [-0.3, -0.25) is 9.52 Å². The number of anilines is 2. The molecule has 0 aliphatic carbocycles. The lowest BCUT2D eigenvalue weighted by Gasteiger charge is -2.19. The maximum atomic E-state index is 12.7. The summed E-state index contributed by atoms with van der Waals surface area (Å²) in [6.45, 7) is 3.07. The number of amides is 1. The maximum Gasteiger partial charge on any atom is 0.261 e. The number of hydrogen-bond donors (Lipinski definition) is 2. The van der Waals surface area contributed by atoms with Crippen LogP contribution in [0.25, 0.3) is 0 Å². The lowest BCUT2D eigenvalue weighted by molar-refractivity contribution is 0.0953. The quantitative estimate of drug-likeness (QED) is 0.495. The Labute approximate surface area is 184 Å². The van der Waals surface area contributed by atoms with Gasteiger partial charge in [0.25, 0.3) is 15.9 Å². The molecule has 0 aromatic heterocycles.